The maximum absolute atomic E-state index is 13.4. The monoisotopic (exact) mass is 873 g/mol. The summed E-state index contributed by atoms with van der Waals surface area (Å²) in [6.45, 7) is 67.8. The summed E-state index contributed by atoms with van der Waals surface area (Å²) >= 11 is 0. The molecule has 374 valence electrons. The predicted molar refractivity (Wildman–Crippen MR) is 268 cm³/mol. The fourth-order valence-electron chi connectivity index (χ4n) is 4.40. The molecule has 0 rings (SSSR count). The van der Waals surface area contributed by atoms with Crippen molar-refractivity contribution in [2.45, 2.75) is 270 Å². The number of hydrogen-bond acceptors (Lipinski definition) is 3. The Balaban J connectivity index is -0.000000110. The summed E-state index contributed by atoms with van der Waals surface area (Å²) in [7, 11) is 0. The molecule has 0 aromatic heterocycles. The van der Waals surface area contributed by atoms with Gasteiger partial charge in [-0.25, -0.2) is 13.2 Å². The molecule has 0 heterocycles. The Morgan fingerprint density at radius 1 is 0.400 bits per heavy atom. The van der Waals surface area contributed by atoms with Crippen LogP contribution in [0.15, 0.2) is 0 Å². The van der Waals surface area contributed by atoms with Crippen molar-refractivity contribution in [2.24, 2.45) is 68.5 Å². The Bertz CT molecular complexity index is 897. The molecule has 0 saturated carbocycles. The minimum atomic E-state index is -1.38. The summed E-state index contributed by atoms with van der Waals surface area (Å²) in [5.41, 5.74) is -2.90. The van der Waals surface area contributed by atoms with E-state index in [0.29, 0.717) is 65.3 Å². The lowest BCUT2D eigenvalue weighted by Gasteiger charge is -2.42. The molecular weight excluding hydrogens is 754 g/mol. The Kier molecular flexibility index (Phi) is 37.9. The van der Waals surface area contributed by atoms with E-state index in [1.165, 1.54) is 6.92 Å². The SMILES string of the molecule is CC(C)C(C)(C)C.CC(C)C(C)(C)C(C)(C)C.CC(C)C(C)(C)C(C)(C)F.CC(C)C(C)(C)C(C)(C)O.CC(C)CC(C)(C)F.CC(C)CC(C)(F)CO.CC(C)CCO. The molecule has 1 unspecified atom stereocenters. The first-order valence-electron chi connectivity index (χ1n) is 23.7. The molecular formula is C54H119F3O3. The van der Waals surface area contributed by atoms with Crippen LogP contribution in [0.25, 0.3) is 0 Å². The van der Waals surface area contributed by atoms with E-state index >= 15 is 0 Å². The minimum Gasteiger partial charge on any atom is -0.396 e. The van der Waals surface area contributed by atoms with Gasteiger partial charge in [0, 0.05) is 12.0 Å². The van der Waals surface area contributed by atoms with Crippen LogP contribution in [0, 0.1) is 68.5 Å². The van der Waals surface area contributed by atoms with Gasteiger partial charge in [-0.3, -0.25) is 0 Å². The van der Waals surface area contributed by atoms with E-state index in [1.807, 2.05) is 55.4 Å². The standard InChI is InChI=1S/C10H22.C9H19F.C9H20O.C7H15FO.C7H15F.C7H16.C5H12O/c1-8(2)10(6,7)9(3,4)5;2*1-7(2)8(3,4)9(5,6)10;1-6(2)4-7(3,8)5-9;1-6(2)5-7(3,4)8;1-6(2)7(3,4)5;1-5(2)3-4-6/h8H,1-7H3;7H,1-6H3;7,10H,1-6H3;6,9H,4-5H2,1-3H3;6H,5H2,1-4H3;6H,1-5H3;5-6H,3-4H2,1-2H3. The number of rotatable bonds is 12. The van der Waals surface area contributed by atoms with Gasteiger partial charge in [-0.1, -0.05) is 180 Å². The number of aliphatic hydroxyl groups is 3. The molecule has 0 amide bonds. The topological polar surface area (TPSA) is 60.7 Å². The Hall–Kier alpha value is -0.330. The molecule has 0 aliphatic rings. The second kappa shape index (κ2) is 30.7. The average molecular weight is 874 g/mol. The average Bonchev–Trinajstić information content (AvgIpc) is 2.94. The molecule has 3 N–H and O–H groups in total. The lowest BCUT2D eigenvalue weighted by atomic mass is 9.63. The van der Waals surface area contributed by atoms with Gasteiger partial charge in [-0.2, -0.15) is 0 Å². The number of aliphatic hydroxyl groups excluding tert-OH is 2. The first kappa shape index (κ1) is 74.0. The van der Waals surface area contributed by atoms with Crippen LogP contribution in [0.2, 0.25) is 0 Å². The van der Waals surface area contributed by atoms with Crippen molar-refractivity contribution in [3.8, 4) is 0 Å². The molecule has 0 aromatic rings. The number of alkyl halides is 3. The van der Waals surface area contributed by atoms with E-state index in [1.54, 1.807) is 27.7 Å². The van der Waals surface area contributed by atoms with Crippen LogP contribution in [0.1, 0.15) is 248 Å². The Labute approximate surface area is 379 Å². The van der Waals surface area contributed by atoms with E-state index < -0.39 is 22.6 Å². The molecule has 0 aromatic carbocycles. The van der Waals surface area contributed by atoms with Gasteiger partial charge in [-0.15, -0.1) is 0 Å². The zero-order valence-electron chi connectivity index (χ0n) is 47.6. The highest BCUT2D eigenvalue weighted by Crippen LogP contribution is 2.43. The molecule has 0 saturated heterocycles. The van der Waals surface area contributed by atoms with E-state index in [-0.39, 0.29) is 17.4 Å². The third kappa shape index (κ3) is 41.7. The molecule has 60 heavy (non-hydrogen) atoms. The summed E-state index contributed by atoms with van der Waals surface area (Å²) < 4.78 is 38.9. The number of hydrogen-bond donors (Lipinski definition) is 3. The van der Waals surface area contributed by atoms with Crippen LogP contribution >= 0.6 is 0 Å². The van der Waals surface area contributed by atoms with Crippen LogP contribution in [-0.4, -0.2) is 51.1 Å². The second-order valence-corrected chi connectivity index (χ2v) is 25.8. The first-order chi connectivity index (χ1) is 25.7. The maximum atomic E-state index is 13.4. The van der Waals surface area contributed by atoms with Gasteiger partial charge in [0.05, 0.1) is 12.2 Å². The van der Waals surface area contributed by atoms with E-state index in [4.69, 9.17) is 10.2 Å². The third-order valence-electron chi connectivity index (χ3n) is 13.9. The van der Waals surface area contributed by atoms with Crippen molar-refractivity contribution >= 4 is 0 Å². The van der Waals surface area contributed by atoms with Gasteiger partial charge >= 0.3 is 0 Å². The molecule has 3 nitrogen and oxygen atoms in total. The predicted octanol–water partition coefficient (Wildman–Crippen LogP) is 17.8. The van der Waals surface area contributed by atoms with Crippen molar-refractivity contribution in [2.75, 3.05) is 13.2 Å². The Morgan fingerprint density at radius 2 is 0.683 bits per heavy atom. The highest BCUT2D eigenvalue weighted by atomic mass is 19.2. The van der Waals surface area contributed by atoms with Gasteiger partial charge in [0.25, 0.3) is 0 Å². The van der Waals surface area contributed by atoms with Gasteiger partial charge < -0.3 is 15.3 Å². The van der Waals surface area contributed by atoms with Crippen molar-refractivity contribution in [1.29, 1.82) is 0 Å². The minimum absolute atomic E-state index is 0.00694. The summed E-state index contributed by atoms with van der Waals surface area (Å²) in [6.07, 6.45) is 2.02. The fraction of sp³-hybridized carbons (Fsp3) is 1.00. The molecule has 0 radical (unpaired) electrons. The van der Waals surface area contributed by atoms with Gasteiger partial charge in [-0.05, 0) is 131 Å². The lowest BCUT2D eigenvalue weighted by Crippen LogP contribution is -2.42. The van der Waals surface area contributed by atoms with Crippen molar-refractivity contribution < 1.29 is 28.5 Å². The highest BCUT2D eigenvalue weighted by Gasteiger charge is 2.40. The van der Waals surface area contributed by atoms with Crippen LogP contribution in [-0.2, 0) is 0 Å². The summed E-state index contributed by atoms with van der Waals surface area (Å²) in [6, 6.07) is 0. The Morgan fingerprint density at radius 3 is 0.700 bits per heavy atom. The van der Waals surface area contributed by atoms with Crippen molar-refractivity contribution in [3.05, 3.63) is 0 Å². The van der Waals surface area contributed by atoms with Gasteiger partial charge in [0.15, 0.2) is 0 Å². The van der Waals surface area contributed by atoms with E-state index in [0.717, 1.165) is 18.3 Å². The van der Waals surface area contributed by atoms with Crippen LogP contribution in [0.4, 0.5) is 13.2 Å². The molecule has 0 spiro atoms. The molecule has 0 bridgehead atoms. The van der Waals surface area contributed by atoms with Crippen LogP contribution in [0.3, 0.4) is 0 Å². The molecule has 0 aliphatic heterocycles. The van der Waals surface area contributed by atoms with Gasteiger partial charge in [0.1, 0.15) is 17.0 Å². The maximum Gasteiger partial charge on any atom is 0.131 e. The summed E-state index contributed by atoms with van der Waals surface area (Å²) in [5, 5.41) is 26.4. The molecule has 0 aliphatic carbocycles. The lowest BCUT2D eigenvalue weighted by molar-refractivity contribution is -0.0604. The summed E-state index contributed by atoms with van der Waals surface area (Å²) in [5.74, 6) is 3.87. The zero-order chi connectivity index (χ0) is 51.1. The molecule has 0 fully saturated rings. The van der Waals surface area contributed by atoms with Crippen molar-refractivity contribution in [3.63, 3.8) is 0 Å². The molecule has 1 atom stereocenters. The fourth-order valence-corrected chi connectivity index (χ4v) is 4.40. The molecule has 6 heteroatoms. The third-order valence-corrected chi connectivity index (χ3v) is 13.9. The van der Waals surface area contributed by atoms with Gasteiger partial charge in [0.2, 0.25) is 0 Å². The van der Waals surface area contributed by atoms with E-state index in [2.05, 4.69) is 138 Å². The van der Waals surface area contributed by atoms with Crippen LogP contribution < -0.4 is 0 Å². The van der Waals surface area contributed by atoms with Crippen molar-refractivity contribution in [1.82, 2.24) is 0 Å². The zero-order valence-corrected chi connectivity index (χ0v) is 47.6. The summed E-state index contributed by atoms with van der Waals surface area (Å²) in [4.78, 5) is 0. The van der Waals surface area contributed by atoms with E-state index in [9.17, 15) is 18.3 Å². The highest BCUT2D eigenvalue weighted by molar-refractivity contribution is 4.89. The number of halogens is 3. The first-order valence-corrected chi connectivity index (χ1v) is 23.7. The second-order valence-electron chi connectivity index (χ2n) is 25.8. The van der Waals surface area contributed by atoms with Crippen LogP contribution in [0.5, 0.6) is 0 Å². The smallest absolute Gasteiger partial charge is 0.131 e. The normalized spacial score (nSPS) is 14.1. The quantitative estimate of drug-likeness (QED) is 0.183. The largest absolute Gasteiger partial charge is 0.396 e.